The third-order valence-electron chi connectivity index (χ3n) is 5.30. The lowest BCUT2D eigenvalue weighted by molar-refractivity contribution is -0.384. The van der Waals surface area contributed by atoms with Crippen molar-refractivity contribution in [2.75, 3.05) is 26.2 Å². The number of nitro groups is 1. The van der Waals surface area contributed by atoms with Crippen LogP contribution >= 0.6 is 11.6 Å². The van der Waals surface area contributed by atoms with Crippen LogP contribution in [0.25, 0.3) is 0 Å². The van der Waals surface area contributed by atoms with E-state index in [0.29, 0.717) is 5.56 Å². The van der Waals surface area contributed by atoms with Crippen LogP contribution in [0.15, 0.2) is 65.1 Å². The SMILES string of the molecule is COC(=O)C1=C(C(=O)OC)N(c2cc(Cl)c([N+](=O)[O-])cc2OC)C(N)=C(C#N)C1c1ccccc1. The van der Waals surface area contributed by atoms with E-state index >= 15 is 0 Å². The van der Waals surface area contributed by atoms with Crippen LogP contribution in [0.2, 0.25) is 5.02 Å². The maximum atomic E-state index is 13.1. The van der Waals surface area contributed by atoms with E-state index in [9.17, 15) is 25.0 Å². The number of allylic oxidation sites excluding steroid dienone is 1. The highest BCUT2D eigenvalue weighted by atomic mass is 35.5. The first kappa shape index (κ1) is 25.1. The van der Waals surface area contributed by atoms with Crippen LogP contribution in [-0.4, -0.2) is 38.2 Å². The minimum absolute atomic E-state index is 0.0401. The van der Waals surface area contributed by atoms with Crippen LogP contribution in [0.4, 0.5) is 11.4 Å². The standard InChI is InChI=1S/C23H19ClN4O7/c1-33-17-10-15(28(31)32)14(24)9-16(17)27-20(23(30)35-3)19(22(29)34-2)18(13(11-25)21(27)26)12-7-5-4-6-8-12/h4-10,18H,26H2,1-3H3. The van der Waals surface area contributed by atoms with Crippen LogP contribution in [0.1, 0.15) is 11.5 Å². The fourth-order valence-corrected chi connectivity index (χ4v) is 4.00. The summed E-state index contributed by atoms with van der Waals surface area (Å²) in [5.41, 5.74) is 5.71. The summed E-state index contributed by atoms with van der Waals surface area (Å²) in [5.74, 6) is -3.32. The molecule has 11 nitrogen and oxygen atoms in total. The summed E-state index contributed by atoms with van der Waals surface area (Å²) in [5, 5.41) is 21.1. The Morgan fingerprint density at radius 3 is 2.29 bits per heavy atom. The summed E-state index contributed by atoms with van der Waals surface area (Å²) >= 11 is 6.13. The number of methoxy groups -OCH3 is 3. The predicted octanol–water partition coefficient (Wildman–Crippen LogP) is 3.15. The zero-order valence-electron chi connectivity index (χ0n) is 18.8. The van der Waals surface area contributed by atoms with Crippen molar-refractivity contribution in [3.8, 4) is 11.8 Å². The fraction of sp³-hybridized carbons (Fsp3) is 0.174. The van der Waals surface area contributed by atoms with Crippen molar-refractivity contribution in [2.45, 2.75) is 5.92 Å². The zero-order valence-corrected chi connectivity index (χ0v) is 19.5. The molecule has 1 unspecified atom stereocenters. The van der Waals surface area contributed by atoms with E-state index in [2.05, 4.69) is 0 Å². The molecule has 12 heteroatoms. The van der Waals surface area contributed by atoms with Crippen molar-refractivity contribution in [3.63, 3.8) is 0 Å². The minimum atomic E-state index is -1.07. The van der Waals surface area contributed by atoms with Crippen LogP contribution in [0.3, 0.4) is 0 Å². The Balaban J connectivity index is 2.48. The molecule has 0 aromatic heterocycles. The fourth-order valence-electron chi connectivity index (χ4n) is 3.77. The molecule has 0 bridgehead atoms. The van der Waals surface area contributed by atoms with E-state index in [-0.39, 0.29) is 39.1 Å². The zero-order chi connectivity index (χ0) is 25.9. The highest BCUT2D eigenvalue weighted by Crippen LogP contribution is 2.47. The van der Waals surface area contributed by atoms with E-state index in [1.807, 2.05) is 6.07 Å². The number of ether oxygens (including phenoxy) is 3. The number of nitrogens with zero attached hydrogens (tertiary/aromatic N) is 3. The molecule has 2 N–H and O–H groups in total. The Morgan fingerprint density at radius 1 is 1.14 bits per heavy atom. The van der Waals surface area contributed by atoms with E-state index in [0.717, 1.165) is 31.3 Å². The van der Waals surface area contributed by atoms with Crippen molar-refractivity contribution < 1.29 is 28.7 Å². The Labute approximate surface area is 204 Å². The van der Waals surface area contributed by atoms with Gasteiger partial charge < -0.3 is 19.9 Å². The topological polar surface area (TPSA) is 158 Å². The molecule has 0 fully saturated rings. The molecule has 2 aromatic carbocycles. The molecule has 1 aliphatic heterocycles. The molecule has 0 radical (unpaired) electrons. The molecule has 0 saturated carbocycles. The van der Waals surface area contributed by atoms with Crippen molar-refractivity contribution >= 4 is 34.9 Å². The molecule has 2 aromatic rings. The molecule has 0 saturated heterocycles. The summed E-state index contributed by atoms with van der Waals surface area (Å²) in [4.78, 5) is 37.8. The van der Waals surface area contributed by atoms with Gasteiger partial charge in [-0.2, -0.15) is 5.26 Å². The lowest BCUT2D eigenvalue weighted by Gasteiger charge is -2.36. The Hall–Kier alpha value is -4.56. The summed E-state index contributed by atoms with van der Waals surface area (Å²) in [6, 6.07) is 12.6. The molecule has 1 atom stereocenters. The molecule has 3 rings (SSSR count). The Morgan fingerprint density at radius 2 is 1.77 bits per heavy atom. The van der Waals surface area contributed by atoms with Gasteiger partial charge in [-0.15, -0.1) is 0 Å². The molecule has 180 valence electrons. The molecule has 1 aliphatic rings. The van der Waals surface area contributed by atoms with Gasteiger partial charge in [-0.1, -0.05) is 41.9 Å². The molecular formula is C23H19ClN4O7. The molecule has 1 heterocycles. The second-order valence-corrected chi connectivity index (χ2v) is 7.48. The molecule has 0 spiro atoms. The van der Waals surface area contributed by atoms with E-state index < -0.39 is 28.5 Å². The average Bonchev–Trinajstić information content (AvgIpc) is 2.87. The first-order valence-electron chi connectivity index (χ1n) is 9.89. The number of hydrogen-bond acceptors (Lipinski definition) is 10. The van der Waals surface area contributed by atoms with Crippen LogP contribution in [0, 0.1) is 21.4 Å². The summed E-state index contributed by atoms with van der Waals surface area (Å²) in [6.45, 7) is 0. The van der Waals surface area contributed by atoms with Crippen molar-refractivity contribution in [1.29, 1.82) is 5.26 Å². The minimum Gasteiger partial charge on any atom is -0.494 e. The van der Waals surface area contributed by atoms with E-state index in [1.54, 1.807) is 30.3 Å². The van der Waals surface area contributed by atoms with Gasteiger partial charge in [0, 0.05) is 0 Å². The predicted molar refractivity (Wildman–Crippen MR) is 124 cm³/mol. The molecule has 0 amide bonds. The van der Waals surface area contributed by atoms with Crippen molar-refractivity contribution in [1.82, 2.24) is 0 Å². The first-order valence-corrected chi connectivity index (χ1v) is 10.3. The maximum absolute atomic E-state index is 13.1. The number of rotatable bonds is 6. The number of esters is 2. The Kier molecular flexibility index (Phi) is 7.27. The van der Waals surface area contributed by atoms with Crippen molar-refractivity contribution in [3.05, 3.63) is 85.8 Å². The van der Waals surface area contributed by atoms with E-state index in [1.165, 1.54) is 7.11 Å². The number of halogens is 1. The number of nitrogens with two attached hydrogens (primary N) is 1. The quantitative estimate of drug-likeness (QED) is 0.356. The highest BCUT2D eigenvalue weighted by Gasteiger charge is 2.44. The summed E-state index contributed by atoms with van der Waals surface area (Å²) in [6.07, 6.45) is 0. The highest BCUT2D eigenvalue weighted by molar-refractivity contribution is 6.33. The number of nitriles is 1. The first-order chi connectivity index (χ1) is 16.7. The second kappa shape index (κ2) is 10.1. The third kappa shape index (κ3) is 4.34. The number of nitro benzene ring substituents is 1. The maximum Gasteiger partial charge on any atom is 0.355 e. The monoisotopic (exact) mass is 498 g/mol. The number of carbonyl (C=O) groups is 2. The van der Waals surface area contributed by atoms with E-state index in [4.69, 9.17) is 31.5 Å². The van der Waals surface area contributed by atoms with Crippen LogP contribution in [-0.2, 0) is 19.1 Å². The van der Waals surface area contributed by atoms with Gasteiger partial charge in [-0.05, 0) is 11.6 Å². The molecule has 35 heavy (non-hydrogen) atoms. The van der Waals surface area contributed by atoms with Gasteiger partial charge in [0.25, 0.3) is 5.69 Å². The van der Waals surface area contributed by atoms with Crippen LogP contribution in [0.5, 0.6) is 5.75 Å². The van der Waals surface area contributed by atoms with Gasteiger partial charge in [-0.25, -0.2) is 9.59 Å². The van der Waals surface area contributed by atoms with Gasteiger partial charge in [0.05, 0.1) is 61.1 Å². The lowest BCUT2D eigenvalue weighted by Crippen LogP contribution is -2.41. The largest absolute Gasteiger partial charge is 0.494 e. The van der Waals surface area contributed by atoms with Gasteiger partial charge in [0.15, 0.2) is 0 Å². The number of benzene rings is 2. The molecule has 0 aliphatic carbocycles. The van der Waals surface area contributed by atoms with Gasteiger partial charge >= 0.3 is 11.9 Å². The number of carbonyl (C=O) groups excluding carboxylic acids is 2. The average molecular weight is 499 g/mol. The van der Waals surface area contributed by atoms with Gasteiger partial charge in [0.2, 0.25) is 0 Å². The Bertz CT molecular complexity index is 1320. The molecular weight excluding hydrogens is 480 g/mol. The normalized spacial score (nSPS) is 15.4. The lowest BCUT2D eigenvalue weighted by atomic mass is 9.81. The number of hydrogen-bond donors (Lipinski definition) is 1. The van der Waals surface area contributed by atoms with Gasteiger partial charge in [0.1, 0.15) is 22.3 Å². The third-order valence-corrected chi connectivity index (χ3v) is 5.60. The number of anilines is 1. The van der Waals surface area contributed by atoms with Crippen molar-refractivity contribution in [2.24, 2.45) is 5.73 Å². The smallest absolute Gasteiger partial charge is 0.355 e. The van der Waals surface area contributed by atoms with Gasteiger partial charge in [-0.3, -0.25) is 15.0 Å². The van der Waals surface area contributed by atoms with Crippen LogP contribution < -0.4 is 15.4 Å². The summed E-state index contributed by atoms with van der Waals surface area (Å²) in [7, 11) is 3.45. The summed E-state index contributed by atoms with van der Waals surface area (Å²) < 4.78 is 15.2. The second-order valence-electron chi connectivity index (χ2n) is 7.07.